The van der Waals surface area contributed by atoms with Crippen molar-refractivity contribution in [2.75, 3.05) is 6.61 Å². The van der Waals surface area contributed by atoms with Crippen molar-refractivity contribution in [1.29, 1.82) is 0 Å². The van der Waals surface area contributed by atoms with Crippen LogP contribution < -0.4 is 5.32 Å². The van der Waals surface area contributed by atoms with Crippen molar-refractivity contribution in [2.24, 2.45) is 0 Å². The molecule has 1 amide bonds. The maximum Gasteiger partial charge on any atom is 0.328 e. The van der Waals surface area contributed by atoms with Gasteiger partial charge in [-0.25, -0.2) is 9.18 Å². The van der Waals surface area contributed by atoms with E-state index >= 15 is 0 Å². The molecule has 0 fully saturated rings. The summed E-state index contributed by atoms with van der Waals surface area (Å²) in [7, 11) is 0. The summed E-state index contributed by atoms with van der Waals surface area (Å²) in [4.78, 5) is 22.7. The third-order valence-electron chi connectivity index (χ3n) is 2.91. The Morgan fingerprint density at radius 2 is 2.15 bits per heavy atom. The van der Waals surface area contributed by atoms with Gasteiger partial charge in [0, 0.05) is 10.9 Å². The Balaban J connectivity index is 2.38. The van der Waals surface area contributed by atoms with Crippen LogP contribution in [0.5, 0.6) is 0 Å². The highest BCUT2D eigenvalue weighted by Gasteiger charge is 2.24. The summed E-state index contributed by atoms with van der Waals surface area (Å²) in [5.74, 6) is -2.98. The van der Waals surface area contributed by atoms with Crippen molar-refractivity contribution in [2.45, 2.75) is 13.0 Å². The van der Waals surface area contributed by atoms with Crippen molar-refractivity contribution < 1.29 is 28.6 Å². The predicted octanol–water partition coefficient (Wildman–Crippen LogP) is 1.06. The number of hydrogen-bond donors (Lipinski definition) is 3. The number of furan rings is 1. The van der Waals surface area contributed by atoms with Gasteiger partial charge >= 0.3 is 5.97 Å². The zero-order valence-corrected chi connectivity index (χ0v) is 10.5. The van der Waals surface area contributed by atoms with Crippen LogP contribution >= 0.6 is 0 Å². The van der Waals surface area contributed by atoms with E-state index in [1.807, 2.05) is 0 Å². The van der Waals surface area contributed by atoms with Crippen LogP contribution in [0.2, 0.25) is 0 Å². The number of carbonyl (C=O) groups is 2. The fraction of sp³-hybridized carbons (Fsp3) is 0.231. The normalized spacial score (nSPS) is 12.3. The Labute approximate surface area is 112 Å². The molecule has 0 unspecified atom stereocenters. The number of rotatable bonds is 4. The zero-order chi connectivity index (χ0) is 14.9. The molecule has 106 valence electrons. The maximum absolute atomic E-state index is 13.5. The fourth-order valence-corrected chi connectivity index (χ4v) is 1.83. The summed E-state index contributed by atoms with van der Waals surface area (Å²) in [6.07, 6.45) is 0. The van der Waals surface area contributed by atoms with E-state index in [1.54, 1.807) is 13.0 Å². The lowest BCUT2D eigenvalue weighted by Crippen LogP contribution is -2.43. The van der Waals surface area contributed by atoms with E-state index in [1.165, 1.54) is 12.1 Å². The molecule has 1 atom stereocenters. The quantitative estimate of drug-likeness (QED) is 0.778. The average molecular weight is 281 g/mol. The van der Waals surface area contributed by atoms with Crippen LogP contribution in [0.3, 0.4) is 0 Å². The van der Waals surface area contributed by atoms with Gasteiger partial charge in [-0.15, -0.1) is 0 Å². The largest absolute Gasteiger partial charge is 0.480 e. The number of halogens is 1. The third-order valence-corrected chi connectivity index (χ3v) is 2.91. The summed E-state index contributed by atoms with van der Waals surface area (Å²) in [6.45, 7) is 0.809. The SMILES string of the molecule is Cc1c(C(=O)N[C@H](CO)C(=O)O)oc2c(F)cccc12. The van der Waals surface area contributed by atoms with Gasteiger partial charge in [-0.3, -0.25) is 4.79 Å². The average Bonchev–Trinajstić information content (AvgIpc) is 2.75. The first-order valence-corrected chi connectivity index (χ1v) is 5.77. The van der Waals surface area contributed by atoms with Crippen molar-refractivity contribution in [3.63, 3.8) is 0 Å². The van der Waals surface area contributed by atoms with E-state index in [2.05, 4.69) is 5.32 Å². The summed E-state index contributed by atoms with van der Waals surface area (Å²) in [5.41, 5.74) is 0.338. The first-order valence-electron chi connectivity index (χ1n) is 5.77. The van der Waals surface area contributed by atoms with Gasteiger partial charge in [0.25, 0.3) is 5.91 Å². The molecular formula is C13H12FNO5. The molecule has 7 heteroatoms. The molecular weight excluding hydrogens is 269 g/mol. The molecule has 6 nitrogen and oxygen atoms in total. The number of benzene rings is 1. The van der Waals surface area contributed by atoms with Gasteiger partial charge in [0.2, 0.25) is 0 Å². The Bertz CT molecular complexity index is 679. The third kappa shape index (κ3) is 2.35. The van der Waals surface area contributed by atoms with Gasteiger partial charge in [-0.05, 0) is 13.0 Å². The number of carboxylic acids is 1. The predicted molar refractivity (Wildman–Crippen MR) is 66.9 cm³/mol. The zero-order valence-electron chi connectivity index (χ0n) is 10.5. The van der Waals surface area contributed by atoms with Crippen molar-refractivity contribution in [3.8, 4) is 0 Å². The molecule has 0 saturated heterocycles. The number of carbonyl (C=O) groups excluding carboxylic acids is 1. The van der Waals surface area contributed by atoms with E-state index in [0.717, 1.165) is 0 Å². The van der Waals surface area contributed by atoms with E-state index < -0.39 is 30.3 Å². The van der Waals surface area contributed by atoms with Crippen molar-refractivity contribution in [3.05, 3.63) is 35.3 Å². The van der Waals surface area contributed by atoms with Gasteiger partial charge in [-0.2, -0.15) is 0 Å². The molecule has 0 bridgehead atoms. The number of aliphatic hydroxyl groups excluding tert-OH is 1. The van der Waals surface area contributed by atoms with Crippen LogP contribution in [0.25, 0.3) is 11.0 Å². The molecule has 1 heterocycles. The highest BCUT2D eigenvalue weighted by Crippen LogP contribution is 2.27. The molecule has 0 spiro atoms. The number of amides is 1. The minimum Gasteiger partial charge on any atom is -0.480 e. The lowest BCUT2D eigenvalue weighted by molar-refractivity contribution is -0.140. The monoisotopic (exact) mass is 281 g/mol. The minimum absolute atomic E-state index is 0.0639. The van der Waals surface area contributed by atoms with E-state index in [4.69, 9.17) is 14.6 Å². The Morgan fingerprint density at radius 3 is 2.70 bits per heavy atom. The number of aryl methyl sites for hydroxylation is 1. The second kappa shape index (κ2) is 5.30. The van der Waals surface area contributed by atoms with E-state index in [0.29, 0.717) is 10.9 Å². The highest BCUT2D eigenvalue weighted by atomic mass is 19.1. The Hall–Kier alpha value is -2.41. The maximum atomic E-state index is 13.5. The van der Waals surface area contributed by atoms with Crippen molar-refractivity contribution in [1.82, 2.24) is 5.32 Å². The van der Waals surface area contributed by atoms with Gasteiger partial charge in [0.05, 0.1) is 6.61 Å². The van der Waals surface area contributed by atoms with Gasteiger partial charge in [0.15, 0.2) is 23.2 Å². The molecule has 1 aromatic carbocycles. The first-order chi connectivity index (χ1) is 9.45. The van der Waals surface area contributed by atoms with Gasteiger partial charge in [0.1, 0.15) is 0 Å². The Morgan fingerprint density at radius 1 is 1.45 bits per heavy atom. The number of nitrogens with one attached hydrogen (secondary N) is 1. The Kier molecular flexibility index (Phi) is 3.71. The topological polar surface area (TPSA) is 99.8 Å². The summed E-state index contributed by atoms with van der Waals surface area (Å²) in [6, 6.07) is 2.82. The van der Waals surface area contributed by atoms with Crippen LogP contribution in [0.15, 0.2) is 22.6 Å². The molecule has 2 aromatic rings. The standard InChI is InChI=1S/C13H12FNO5/c1-6-7-3-2-4-8(14)11(7)20-10(6)12(17)15-9(5-16)13(18)19/h2-4,9,16H,5H2,1H3,(H,15,17)(H,18,19)/t9-/m1/s1. The van der Waals surface area contributed by atoms with Crippen LogP contribution in [0.1, 0.15) is 16.1 Å². The number of carboxylic acid groups (broad SMARTS) is 1. The number of fused-ring (bicyclic) bond motifs is 1. The van der Waals surface area contributed by atoms with Gasteiger partial charge < -0.3 is 19.9 Å². The van der Waals surface area contributed by atoms with E-state index in [-0.39, 0.29) is 11.3 Å². The summed E-state index contributed by atoms with van der Waals surface area (Å²) >= 11 is 0. The second-order valence-electron chi connectivity index (χ2n) is 4.22. The number of para-hydroxylation sites is 1. The summed E-state index contributed by atoms with van der Waals surface area (Å²) < 4.78 is 18.7. The minimum atomic E-state index is -1.44. The molecule has 0 aliphatic rings. The molecule has 1 aromatic heterocycles. The van der Waals surface area contributed by atoms with Crippen LogP contribution in [0, 0.1) is 12.7 Å². The van der Waals surface area contributed by atoms with Crippen LogP contribution in [-0.2, 0) is 4.79 Å². The fourth-order valence-electron chi connectivity index (χ4n) is 1.83. The highest BCUT2D eigenvalue weighted by molar-refractivity contribution is 6.00. The molecule has 0 aliphatic heterocycles. The second-order valence-corrected chi connectivity index (χ2v) is 4.22. The van der Waals surface area contributed by atoms with Crippen LogP contribution in [-0.4, -0.2) is 34.7 Å². The molecule has 20 heavy (non-hydrogen) atoms. The van der Waals surface area contributed by atoms with E-state index in [9.17, 15) is 14.0 Å². The first kappa shape index (κ1) is 14.0. The lowest BCUT2D eigenvalue weighted by atomic mass is 10.1. The molecule has 3 N–H and O–H groups in total. The lowest BCUT2D eigenvalue weighted by Gasteiger charge is -2.10. The summed E-state index contributed by atoms with van der Waals surface area (Å²) in [5, 5.41) is 20.2. The van der Waals surface area contributed by atoms with Crippen molar-refractivity contribution >= 4 is 22.8 Å². The number of aliphatic carboxylic acids is 1. The molecule has 0 radical (unpaired) electrons. The number of aliphatic hydroxyl groups is 1. The van der Waals surface area contributed by atoms with Crippen LogP contribution in [0.4, 0.5) is 4.39 Å². The number of hydrogen-bond acceptors (Lipinski definition) is 4. The molecule has 2 rings (SSSR count). The smallest absolute Gasteiger partial charge is 0.328 e. The molecule has 0 aliphatic carbocycles. The van der Waals surface area contributed by atoms with Gasteiger partial charge in [-0.1, -0.05) is 12.1 Å². The molecule has 0 saturated carbocycles.